The van der Waals surface area contributed by atoms with Gasteiger partial charge in [0.25, 0.3) is 0 Å². The van der Waals surface area contributed by atoms with Crippen molar-refractivity contribution >= 4 is 0 Å². The first kappa shape index (κ1) is 30.8. The van der Waals surface area contributed by atoms with E-state index < -0.39 is 0 Å². The number of likely N-dealkylation sites (N-methyl/N-ethyl adjacent to an activating group) is 1. The van der Waals surface area contributed by atoms with Crippen molar-refractivity contribution in [3.63, 3.8) is 0 Å². The molecule has 0 aliphatic rings. The lowest BCUT2D eigenvalue weighted by Gasteiger charge is -2.47. The summed E-state index contributed by atoms with van der Waals surface area (Å²) in [5.41, 5.74) is 0.852. The van der Waals surface area contributed by atoms with Gasteiger partial charge in [0.15, 0.2) is 0 Å². The monoisotopic (exact) mass is 440 g/mol. The third-order valence-electron chi connectivity index (χ3n) is 6.42. The van der Waals surface area contributed by atoms with Gasteiger partial charge in [0, 0.05) is 67.0 Å². The smallest absolute Gasteiger partial charge is 0.0130 e. The van der Waals surface area contributed by atoms with Crippen LogP contribution in [0.25, 0.3) is 0 Å². The third kappa shape index (κ3) is 11.5. The third-order valence-corrected chi connectivity index (χ3v) is 6.42. The van der Waals surface area contributed by atoms with Crippen molar-refractivity contribution < 1.29 is 0 Å². The van der Waals surface area contributed by atoms with Crippen LogP contribution in [0.4, 0.5) is 0 Å². The maximum atomic E-state index is 2.69. The second-order valence-electron chi connectivity index (χ2n) is 14.4. The van der Waals surface area contributed by atoms with Crippen molar-refractivity contribution in [1.29, 1.82) is 0 Å². The molecule has 0 heterocycles. The van der Waals surface area contributed by atoms with Crippen LogP contribution in [0.5, 0.6) is 0 Å². The molecule has 0 fully saturated rings. The Bertz CT molecular complexity index is 442. The van der Waals surface area contributed by atoms with Crippen molar-refractivity contribution in [2.45, 2.75) is 132 Å². The normalized spacial score (nSPS) is 15.1. The van der Waals surface area contributed by atoms with E-state index in [-0.39, 0.29) is 27.7 Å². The molecule has 0 aromatic carbocycles. The average molecular weight is 441 g/mol. The maximum Gasteiger partial charge on any atom is 0.0130 e. The van der Waals surface area contributed by atoms with Crippen LogP contribution in [-0.2, 0) is 0 Å². The zero-order valence-electron chi connectivity index (χ0n) is 24.5. The number of rotatable bonds is 9. The highest BCUT2D eigenvalue weighted by Crippen LogP contribution is 2.26. The molecule has 0 unspecified atom stereocenters. The van der Waals surface area contributed by atoms with Crippen molar-refractivity contribution in [3.05, 3.63) is 0 Å². The summed E-state index contributed by atoms with van der Waals surface area (Å²) in [5.74, 6) is 0. The molecule has 0 N–H and O–H groups in total. The van der Waals surface area contributed by atoms with Crippen LogP contribution in [0, 0.1) is 0 Å². The zero-order chi connectivity index (χ0) is 25.1. The van der Waals surface area contributed by atoms with Crippen LogP contribution in [0.2, 0.25) is 0 Å². The van der Waals surface area contributed by atoms with Gasteiger partial charge in [-0.15, -0.1) is 0 Å². The average Bonchev–Trinajstić information content (AvgIpc) is 2.45. The van der Waals surface area contributed by atoms with E-state index >= 15 is 0 Å². The van der Waals surface area contributed by atoms with E-state index in [4.69, 9.17) is 0 Å². The molecule has 0 aliphatic carbocycles. The van der Waals surface area contributed by atoms with E-state index in [2.05, 4.69) is 131 Å². The Morgan fingerprint density at radius 3 is 0.839 bits per heavy atom. The van der Waals surface area contributed by atoms with E-state index in [9.17, 15) is 0 Å². The molecule has 0 saturated carbocycles. The predicted octanol–water partition coefficient (Wildman–Crippen LogP) is 5.82. The van der Waals surface area contributed by atoms with Crippen molar-refractivity contribution in [2.75, 3.05) is 46.3 Å². The Morgan fingerprint density at radius 2 is 0.613 bits per heavy atom. The Labute approximate surface area is 197 Å². The molecule has 0 radical (unpaired) electrons. The van der Waals surface area contributed by atoms with E-state index in [1.54, 1.807) is 0 Å². The highest BCUT2D eigenvalue weighted by Gasteiger charge is 2.33. The van der Waals surface area contributed by atoms with Gasteiger partial charge < -0.3 is 4.90 Å². The molecule has 0 amide bonds. The molecule has 0 bridgehead atoms. The highest BCUT2D eigenvalue weighted by atomic mass is 15.3. The fourth-order valence-corrected chi connectivity index (χ4v) is 4.80. The highest BCUT2D eigenvalue weighted by molar-refractivity contribution is 4.89. The van der Waals surface area contributed by atoms with Crippen LogP contribution in [0.3, 0.4) is 0 Å². The molecule has 0 spiro atoms. The van der Waals surface area contributed by atoms with Crippen molar-refractivity contribution in [1.82, 2.24) is 19.6 Å². The minimum absolute atomic E-state index is 0.162. The van der Waals surface area contributed by atoms with Crippen LogP contribution in [0.15, 0.2) is 0 Å². The first-order valence-corrected chi connectivity index (χ1v) is 12.5. The molecule has 0 rings (SSSR count). The SMILES string of the molecule is CN(CCN(CCN(C(C)(C)C)C(C)(C)C)CCN(C(C)(C)C)C(C)(C)C)C(C)(C)C. The predicted molar refractivity (Wildman–Crippen MR) is 141 cm³/mol. The number of hydrogen-bond acceptors (Lipinski definition) is 4. The Kier molecular flexibility index (Phi) is 10.8. The molecule has 31 heavy (non-hydrogen) atoms. The van der Waals surface area contributed by atoms with Crippen LogP contribution >= 0.6 is 0 Å². The maximum absolute atomic E-state index is 2.69. The molecule has 4 nitrogen and oxygen atoms in total. The molecule has 0 aromatic heterocycles. The molecule has 188 valence electrons. The summed E-state index contributed by atoms with van der Waals surface area (Å²) in [5, 5.41) is 0. The van der Waals surface area contributed by atoms with Gasteiger partial charge >= 0.3 is 0 Å². The van der Waals surface area contributed by atoms with Gasteiger partial charge in [0.05, 0.1) is 0 Å². The Balaban J connectivity index is 5.46. The molecular weight excluding hydrogens is 380 g/mol. The van der Waals surface area contributed by atoms with Crippen molar-refractivity contribution in [3.8, 4) is 0 Å². The molecular formula is C27H60N4. The first-order valence-electron chi connectivity index (χ1n) is 12.5. The van der Waals surface area contributed by atoms with Gasteiger partial charge in [-0.25, -0.2) is 0 Å². The summed E-state index contributed by atoms with van der Waals surface area (Å²) < 4.78 is 0. The number of hydrogen-bond donors (Lipinski definition) is 0. The van der Waals surface area contributed by atoms with Crippen molar-refractivity contribution in [2.24, 2.45) is 0 Å². The van der Waals surface area contributed by atoms with Gasteiger partial charge in [-0.1, -0.05) is 0 Å². The van der Waals surface area contributed by atoms with Gasteiger partial charge in [-0.3, -0.25) is 14.7 Å². The van der Waals surface area contributed by atoms with Gasteiger partial charge in [0.2, 0.25) is 0 Å². The van der Waals surface area contributed by atoms with E-state index in [1.165, 1.54) is 0 Å². The Hall–Kier alpha value is -0.160. The second kappa shape index (κ2) is 10.8. The summed E-state index contributed by atoms with van der Waals surface area (Å²) in [7, 11) is 2.26. The van der Waals surface area contributed by atoms with E-state index in [0.29, 0.717) is 0 Å². The fourth-order valence-electron chi connectivity index (χ4n) is 4.80. The quantitative estimate of drug-likeness (QED) is 0.448. The van der Waals surface area contributed by atoms with Gasteiger partial charge in [-0.05, 0) is 111 Å². The van der Waals surface area contributed by atoms with E-state index in [0.717, 1.165) is 39.3 Å². The van der Waals surface area contributed by atoms with Crippen LogP contribution < -0.4 is 0 Å². The molecule has 0 aliphatic heterocycles. The standard InChI is InChI=1S/C27H60N4/c1-23(2,3)28(16)17-18-29(19-21-30(24(4,5)6)25(7,8)9)20-22-31(26(10,11)12)27(13,14)15/h17-22H2,1-16H3. The molecule has 0 saturated heterocycles. The summed E-state index contributed by atoms with van der Waals surface area (Å²) in [4.78, 5) is 10.5. The molecule has 4 heteroatoms. The molecule has 0 atom stereocenters. The summed E-state index contributed by atoms with van der Waals surface area (Å²) in [6.45, 7) is 41.7. The summed E-state index contributed by atoms with van der Waals surface area (Å²) in [6.07, 6.45) is 0. The summed E-state index contributed by atoms with van der Waals surface area (Å²) >= 11 is 0. The van der Waals surface area contributed by atoms with Crippen LogP contribution in [-0.4, -0.2) is 93.6 Å². The number of nitrogens with zero attached hydrogens (tertiary/aromatic N) is 4. The minimum atomic E-state index is 0.162. The van der Waals surface area contributed by atoms with Gasteiger partial charge in [-0.2, -0.15) is 0 Å². The lowest BCUT2D eigenvalue weighted by molar-refractivity contribution is 0.0113. The van der Waals surface area contributed by atoms with E-state index in [1.807, 2.05) is 0 Å². The minimum Gasteiger partial charge on any atom is -0.300 e. The lowest BCUT2D eigenvalue weighted by Crippen LogP contribution is -2.57. The largest absolute Gasteiger partial charge is 0.300 e. The van der Waals surface area contributed by atoms with Gasteiger partial charge in [0.1, 0.15) is 0 Å². The Morgan fingerprint density at radius 1 is 0.355 bits per heavy atom. The summed E-state index contributed by atoms with van der Waals surface area (Å²) in [6, 6.07) is 0. The first-order chi connectivity index (χ1) is 13.5. The van der Waals surface area contributed by atoms with Crippen LogP contribution in [0.1, 0.15) is 104 Å². The molecule has 0 aromatic rings. The zero-order valence-corrected chi connectivity index (χ0v) is 24.5. The fraction of sp³-hybridized carbons (Fsp3) is 1.00. The lowest BCUT2D eigenvalue weighted by atomic mass is 9.95. The topological polar surface area (TPSA) is 13.0 Å². The second-order valence-corrected chi connectivity index (χ2v) is 14.4.